The van der Waals surface area contributed by atoms with Crippen molar-refractivity contribution in [2.45, 2.75) is 25.1 Å². The topological polar surface area (TPSA) is 80.6 Å². The lowest BCUT2D eigenvalue weighted by Gasteiger charge is -2.42. The second-order valence-electron chi connectivity index (χ2n) is 8.24. The molecule has 0 unspecified atom stereocenters. The Bertz CT molecular complexity index is 1160. The highest BCUT2D eigenvalue weighted by Crippen LogP contribution is 2.28. The highest BCUT2D eigenvalue weighted by Gasteiger charge is 2.47. The third-order valence-corrected chi connectivity index (χ3v) is 6.08. The average Bonchev–Trinajstić information content (AvgIpc) is 3.18. The lowest BCUT2D eigenvalue weighted by atomic mass is 9.95. The number of benzene rings is 2. The maximum Gasteiger partial charge on any atom is 0.257 e. The van der Waals surface area contributed by atoms with E-state index in [1.54, 1.807) is 14.5 Å². The molecule has 2 aliphatic rings. The molecule has 2 amide bonds. The van der Waals surface area contributed by atoms with Gasteiger partial charge in [-0.15, -0.1) is 5.10 Å². The number of nitrogens with zero attached hydrogens (tertiary/aromatic N) is 5. The van der Waals surface area contributed by atoms with Crippen molar-refractivity contribution in [1.82, 2.24) is 24.8 Å². The van der Waals surface area contributed by atoms with Gasteiger partial charge in [-0.3, -0.25) is 9.59 Å². The maximum atomic E-state index is 13.6. The third kappa shape index (κ3) is 3.89. The van der Waals surface area contributed by atoms with Crippen molar-refractivity contribution >= 4 is 22.8 Å². The number of hydrogen-bond acceptors (Lipinski definition) is 5. The molecule has 1 spiro atoms. The SMILES string of the molecule is O=C(Cn1nnc2ccccc21)N1CCO[C@@]2(CC=CCN(Cc3ccccc3)C2=O)C1. The summed E-state index contributed by atoms with van der Waals surface area (Å²) < 4.78 is 7.69. The molecule has 164 valence electrons. The van der Waals surface area contributed by atoms with E-state index in [2.05, 4.69) is 10.3 Å². The van der Waals surface area contributed by atoms with Crippen molar-refractivity contribution in [2.24, 2.45) is 0 Å². The van der Waals surface area contributed by atoms with Gasteiger partial charge in [0.15, 0.2) is 5.60 Å². The minimum atomic E-state index is -1.06. The predicted octanol–water partition coefficient (Wildman–Crippen LogP) is 2.02. The first kappa shape index (κ1) is 20.4. The van der Waals surface area contributed by atoms with Crippen LogP contribution >= 0.6 is 0 Å². The number of amides is 2. The largest absolute Gasteiger partial charge is 0.361 e. The molecule has 0 N–H and O–H groups in total. The second kappa shape index (κ2) is 8.55. The number of hydrogen-bond donors (Lipinski definition) is 0. The fraction of sp³-hybridized carbons (Fsp3) is 0.333. The molecular weight excluding hydrogens is 406 g/mol. The fourth-order valence-corrected chi connectivity index (χ4v) is 4.39. The Labute approximate surface area is 186 Å². The van der Waals surface area contributed by atoms with Crippen LogP contribution in [-0.2, 0) is 27.4 Å². The van der Waals surface area contributed by atoms with Gasteiger partial charge in [-0.1, -0.05) is 59.8 Å². The molecule has 8 nitrogen and oxygen atoms in total. The van der Waals surface area contributed by atoms with Gasteiger partial charge in [0.2, 0.25) is 5.91 Å². The van der Waals surface area contributed by atoms with Crippen LogP contribution in [0.5, 0.6) is 0 Å². The van der Waals surface area contributed by atoms with Crippen LogP contribution in [0.15, 0.2) is 66.7 Å². The van der Waals surface area contributed by atoms with Crippen LogP contribution < -0.4 is 0 Å². The van der Waals surface area contributed by atoms with Gasteiger partial charge in [0.25, 0.3) is 5.91 Å². The molecule has 0 bridgehead atoms. The first-order valence-electron chi connectivity index (χ1n) is 10.8. The summed E-state index contributed by atoms with van der Waals surface area (Å²) in [6.07, 6.45) is 4.44. The van der Waals surface area contributed by atoms with Crippen molar-refractivity contribution in [3.05, 3.63) is 72.3 Å². The smallest absolute Gasteiger partial charge is 0.257 e. The average molecular weight is 431 g/mol. The van der Waals surface area contributed by atoms with Crippen molar-refractivity contribution in [2.75, 3.05) is 26.2 Å². The Balaban J connectivity index is 1.33. The molecule has 0 aliphatic carbocycles. The molecule has 8 heteroatoms. The molecule has 0 saturated carbocycles. The van der Waals surface area contributed by atoms with E-state index in [0.717, 1.165) is 16.6 Å². The molecular formula is C24H25N5O3. The summed E-state index contributed by atoms with van der Waals surface area (Å²) in [6, 6.07) is 17.5. The van der Waals surface area contributed by atoms with E-state index < -0.39 is 5.60 Å². The quantitative estimate of drug-likeness (QED) is 0.591. The van der Waals surface area contributed by atoms with E-state index in [9.17, 15) is 9.59 Å². The number of ether oxygens (including phenoxy) is 1. The monoisotopic (exact) mass is 431 g/mol. The highest BCUT2D eigenvalue weighted by molar-refractivity contribution is 5.88. The minimum absolute atomic E-state index is 0.0740. The Kier molecular flexibility index (Phi) is 5.45. The number of carbonyl (C=O) groups excluding carboxylic acids is 2. The molecule has 2 aromatic carbocycles. The van der Waals surface area contributed by atoms with E-state index in [1.807, 2.05) is 66.7 Å². The van der Waals surface area contributed by atoms with Crippen molar-refractivity contribution < 1.29 is 14.3 Å². The van der Waals surface area contributed by atoms with Gasteiger partial charge in [0.1, 0.15) is 12.1 Å². The summed E-state index contributed by atoms with van der Waals surface area (Å²) >= 11 is 0. The molecule has 1 fully saturated rings. The second-order valence-corrected chi connectivity index (χ2v) is 8.24. The predicted molar refractivity (Wildman–Crippen MR) is 118 cm³/mol. The fourth-order valence-electron chi connectivity index (χ4n) is 4.39. The molecule has 2 aliphatic heterocycles. The Hall–Kier alpha value is -3.52. The van der Waals surface area contributed by atoms with Gasteiger partial charge >= 0.3 is 0 Å². The van der Waals surface area contributed by atoms with Gasteiger partial charge < -0.3 is 14.5 Å². The summed E-state index contributed by atoms with van der Waals surface area (Å²) in [5.74, 6) is -0.172. The van der Waals surface area contributed by atoms with Crippen molar-refractivity contribution in [3.63, 3.8) is 0 Å². The van der Waals surface area contributed by atoms with Gasteiger partial charge in [0, 0.05) is 26.1 Å². The van der Waals surface area contributed by atoms with Crippen molar-refractivity contribution in [3.8, 4) is 0 Å². The lowest BCUT2D eigenvalue weighted by molar-refractivity contribution is -0.173. The van der Waals surface area contributed by atoms with Gasteiger partial charge in [0.05, 0.1) is 18.7 Å². The Morgan fingerprint density at radius 3 is 2.75 bits per heavy atom. The molecule has 3 aromatic rings. The van der Waals surface area contributed by atoms with Crippen LogP contribution in [-0.4, -0.2) is 68.5 Å². The zero-order valence-corrected chi connectivity index (χ0v) is 17.8. The lowest BCUT2D eigenvalue weighted by Crippen LogP contribution is -2.61. The first-order chi connectivity index (χ1) is 15.6. The molecule has 5 rings (SSSR count). The van der Waals surface area contributed by atoms with Crippen LogP contribution in [0.25, 0.3) is 11.0 Å². The summed E-state index contributed by atoms with van der Waals surface area (Å²) in [4.78, 5) is 30.2. The third-order valence-electron chi connectivity index (χ3n) is 6.08. The van der Waals surface area contributed by atoms with Gasteiger partial charge in [-0.2, -0.15) is 0 Å². The van der Waals surface area contributed by atoms with E-state index in [1.165, 1.54) is 0 Å². The number of aromatic nitrogens is 3. The van der Waals surface area contributed by atoms with Crippen LogP contribution in [0.3, 0.4) is 0 Å². The molecule has 1 aromatic heterocycles. The Morgan fingerprint density at radius 1 is 1.06 bits per heavy atom. The zero-order valence-electron chi connectivity index (χ0n) is 17.8. The maximum absolute atomic E-state index is 13.6. The standard InChI is InChI=1S/C24H25N5O3/c30-22(17-29-21-11-5-4-10-20(21)25-26-29)28-14-15-32-24(18-28)12-6-7-13-27(23(24)31)16-19-8-2-1-3-9-19/h1-11H,12-18H2/t24-/m0/s1. The zero-order chi connectivity index (χ0) is 22.0. The van der Waals surface area contributed by atoms with Crippen LogP contribution in [0.1, 0.15) is 12.0 Å². The number of rotatable bonds is 4. The summed E-state index contributed by atoms with van der Waals surface area (Å²) in [6.45, 7) is 2.11. The number of morpholine rings is 1. The van der Waals surface area contributed by atoms with Crippen molar-refractivity contribution in [1.29, 1.82) is 0 Å². The number of fused-ring (bicyclic) bond motifs is 1. The summed E-state index contributed by atoms with van der Waals surface area (Å²) in [5.41, 5.74) is 1.57. The van der Waals surface area contributed by atoms with E-state index in [0.29, 0.717) is 32.7 Å². The Morgan fingerprint density at radius 2 is 1.88 bits per heavy atom. The first-order valence-corrected chi connectivity index (χ1v) is 10.8. The van der Waals surface area contributed by atoms with Crippen LogP contribution in [0.4, 0.5) is 0 Å². The molecule has 0 radical (unpaired) electrons. The molecule has 1 saturated heterocycles. The molecule has 32 heavy (non-hydrogen) atoms. The van der Waals surface area contributed by atoms with Gasteiger partial charge in [-0.25, -0.2) is 4.68 Å². The summed E-state index contributed by atoms with van der Waals surface area (Å²) in [5, 5.41) is 8.25. The molecule has 3 heterocycles. The van der Waals surface area contributed by atoms with Gasteiger partial charge in [-0.05, 0) is 17.7 Å². The summed E-state index contributed by atoms with van der Waals surface area (Å²) in [7, 11) is 0. The number of para-hydroxylation sites is 1. The van der Waals surface area contributed by atoms with Crippen LogP contribution in [0.2, 0.25) is 0 Å². The molecule has 1 atom stereocenters. The van der Waals surface area contributed by atoms with E-state index in [4.69, 9.17) is 4.74 Å². The highest BCUT2D eigenvalue weighted by atomic mass is 16.5. The van der Waals surface area contributed by atoms with Crippen LogP contribution in [0, 0.1) is 0 Å². The van der Waals surface area contributed by atoms with E-state index in [-0.39, 0.29) is 24.9 Å². The minimum Gasteiger partial charge on any atom is -0.361 e. The number of carbonyl (C=O) groups is 2. The van der Waals surface area contributed by atoms with E-state index >= 15 is 0 Å². The normalized spacial score (nSPS) is 21.3.